The topological polar surface area (TPSA) is 65.2 Å². The number of primary amides is 1. The Kier molecular flexibility index (Phi) is 3.20. The first-order valence-corrected chi connectivity index (χ1v) is 7.78. The zero-order chi connectivity index (χ0) is 16.1. The first-order valence-electron chi connectivity index (χ1n) is 7.78. The molecule has 2 aliphatic rings. The summed E-state index contributed by atoms with van der Waals surface area (Å²) >= 11 is 0. The molecule has 2 N–H and O–H groups in total. The molecule has 4 rings (SSSR count). The van der Waals surface area contributed by atoms with Crippen LogP contribution in [0.25, 0.3) is 11.1 Å². The Morgan fingerprint density at radius 1 is 1.30 bits per heavy atom. The third-order valence-corrected chi connectivity index (χ3v) is 4.67. The lowest BCUT2D eigenvalue weighted by Crippen LogP contribution is -2.23. The molecule has 2 aromatic rings. The quantitative estimate of drug-likeness (QED) is 0.927. The summed E-state index contributed by atoms with van der Waals surface area (Å²) in [6.45, 7) is 1.85. The van der Waals surface area contributed by atoms with Gasteiger partial charge in [-0.2, -0.15) is 0 Å². The summed E-state index contributed by atoms with van der Waals surface area (Å²) in [7, 11) is 0. The molecule has 1 saturated heterocycles. The van der Waals surface area contributed by atoms with Crippen LogP contribution >= 0.6 is 0 Å². The molecule has 1 amide bonds. The molecule has 4 nitrogen and oxygen atoms in total. The fourth-order valence-electron chi connectivity index (χ4n) is 3.56. The van der Waals surface area contributed by atoms with E-state index in [0.717, 1.165) is 29.7 Å². The van der Waals surface area contributed by atoms with Gasteiger partial charge >= 0.3 is 0 Å². The molecule has 23 heavy (non-hydrogen) atoms. The molecule has 118 valence electrons. The fraction of sp³-hybridized carbons (Fsp3) is 0.333. The standard InChI is InChI=1S/C18H17FN2O2/c1-9-2-4-11(14(19)6-9)12-8-15(18(20)22)21-17-13(12)7-10-3-5-16(17)23-10/h2,4,6,8,10,16H,3,5,7H2,1H3,(H2,20,22)/t10-,16+/m1/s1. The molecule has 2 aliphatic heterocycles. The predicted octanol–water partition coefficient (Wildman–Crippen LogP) is 3.07. The highest BCUT2D eigenvalue weighted by Gasteiger charge is 2.37. The number of carbonyl (C=O) groups excluding carboxylic acids is 1. The van der Waals surface area contributed by atoms with Crippen LogP contribution in [0.4, 0.5) is 4.39 Å². The van der Waals surface area contributed by atoms with Crippen molar-refractivity contribution < 1.29 is 13.9 Å². The predicted molar refractivity (Wildman–Crippen MR) is 83.4 cm³/mol. The molecule has 0 spiro atoms. The third kappa shape index (κ3) is 2.32. The van der Waals surface area contributed by atoms with Crippen molar-refractivity contribution in [1.29, 1.82) is 0 Å². The van der Waals surface area contributed by atoms with E-state index in [0.29, 0.717) is 17.5 Å². The van der Waals surface area contributed by atoms with Gasteiger partial charge in [-0.05, 0) is 48.6 Å². The molecule has 1 fully saturated rings. The summed E-state index contributed by atoms with van der Waals surface area (Å²) in [5.74, 6) is -0.908. The Bertz CT molecular complexity index is 819. The summed E-state index contributed by atoms with van der Waals surface area (Å²) in [6, 6.07) is 6.73. The minimum absolute atomic E-state index is 0.115. The number of carbonyl (C=O) groups is 1. The first kappa shape index (κ1) is 14.3. The maximum absolute atomic E-state index is 14.5. The lowest BCUT2D eigenvalue weighted by atomic mass is 9.92. The van der Waals surface area contributed by atoms with Crippen LogP contribution < -0.4 is 5.73 Å². The number of pyridine rings is 1. The number of amides is 1. The highest BCUT2D eigenvalue weighted by Crippen LogP contribution is 2.43. The number of hydrogen-bond acceptors (Lipinski definition) is 3. The zero-order valence-electron chi connectivity index (χ0n) is 12.8. The minimum Gasteiger partial charge on any atom is -0.368 e. The number of halogens is 1. The number of ether oxygens (including phenoxy) is 1. The lowest BCUT2D eigenvalue weighted by Gasteiger charge is -2.26. The molecule has 2 bridgehead atoms. The molecule has 3 heterocycles. The van der Waals surface area contributed by atoms with Crippen LogP contribution in [0.5, 0.6) is 0 Å². The van der Waals surface area contributed by atoms with E-state index in [2.05, 4.69) is 4.98 Å². The average Bonchev–Trinajstić information content (AvgIpc) is 2.89. The van der Waals surface area contributed by atoms with E-state index >= 15 is 0 Å². The van der Waals surface area contributed by atoms with Gasteiger partial charge in [-0.15, -0.1) is 0 Å². The monoisotopic (exact) mass is 312 g/mol. The van der Waals surface area contributed by atoms with Crippen LogP contribution in [0.15, 0.2) is 24.3 Å². The van der Waals surface area contributed by atoms with E-state index in [4.69, 9.17) is 10.5 Å². The summed E-state index contributed by atoms with van der Waals surface area (Å²) in [5.41, 5.74) is 9.35. The second-order valence-corrected chi connectivity index (χ2v) is 6.29. The number of benzene rings is 1. The highest BCUT2D eigenvalue weighted by atomic mass is 19.1. The Morgan fingerprint density at radius 2 is 2.13 bits per heavy atom. The van der Waals surface area contributed by atoms with Crippen LogP contribution in [-0.4, -0.2) is 17.0 Å². The number of aryl methyl sites for hydroxylation is 1. The van der Waals surface area contributed by atoms with Crippen LogP contribution in [0.2, 0.25) is 0 Å². The molecular weight excluding hydrogens is 295 g/mol. The van der Waals surface area contributed by atoms with E-state index < -0.39 is 5.91 Å². The van der Waals surface area contributed by atoms with Crippen molar-refractivity contribution in [2.75, 3.05) is 0 Å². The van der Waals surface area contributed by atoms with Gasteiger partial charge in [-0.3, -0.25) is 4.79 Å². The minimum atomic E-state index is -0.610. The van der Waals surface area contributed by atoms with Crippen molar-refractivity contribution in [1.82, 2.24) is 4.98 Å². The molecular formula is C18H17FN2O2. The van der Waals surface area contributed by atoms with Crippen molar-refractivity contribution >= 4 is 5.91 Å². The van der Waals surface area contributed by atoms with E-state index in [9.17, 15) is 9.18 Å². The van der Waals surface area contributed by atoms with Crippen molar-refractivity contribution in [2.24, 2.45) is 5.73 Å². The Labute approximate surface area is 133 Å². The highest BCUT2D eigenvalue weighted by molar-refractivity contribution is 5.92. The number of nitrogens with zero attached hydrogens (tertiary/aromatic N) is 1. The number of fused-ring (bicyclic) bond motifs is 4. The van der Waals surface area contributed by atoms with Crippen LogP contribution in [0.1, 0.15) is 46.3 Å². The van der Waals surface area contributed by atoms with Gasteiger partial charge in [0, 0.05) is 12.0 Å². The smallest absolute Gasteiger partial charge is 0.267 e. The summed E-state index contributed by atoms with van der Waals surface area (Å²) < 4.78 is 20.4. The van der Waals surface area contributed by atoms with Crippen molar-refractivity contribution in [3.63, 3.8) is 0 Å². The molecule has 5 heteroatoms. The van der Waals surface area contributed by atoms with Gasteiger partial charge in [-0.25, -0.2) is 9.37 Å². The largest absolute Gasteiger partial charge is 0.368 e. The summed E-state index contributed by atoms with van der Waals surface area (Å²) in [6.07, 6.45) is 2.57. The fourth-order valence-corrected chi connectivity index (χ4v) is 3.56. The molecule has 1 aromatic heterocycles. The normalized spacial score (nSPS) is 22.0. The average molecular weight is 312 g/mol. The second-order valence-electron chi connectivity index (χ2n) is 6.29. The Balaban J connectivity index is 1.97. The van der Waals surface area contributed by atoms with Crippen molar-refractivity contribution in [3.8, 4) is 11.1 Å². The van der Waals surface area contributed by atoms with Crippen LogP contribution in [0.3, 0.4) is 0 Å². The Hall–Kier alpha value is -2.27. The van der Waals surface area contributed by atoms with E-state index in [1.807, 2.05) is 13.0 Å². The number of hydrogen-bond donors (Lipinski definition) is 1. The third-order valence-electron chi connectivity index (χ3n) is 4.67. The number of nitrogens with two attached hydrogens (primary N) is 1. The van der Waals surface area contributed by atoms with Crippen LogP contribution in [-0.2, 0) is 11.2 Å². The molecule has 0 unspecified atom stereocenters. The molecule has 0 radical (unpaired) electrons. The maximum Gasteiger partial charge on any atom is 0.267 e. The van der Waals surface area contributed by atoms with Gasteiger partial charge in [0.2, 0.25) is 0 Å². The second kappa shape index (κ2) is 5.13. The Morgan fingerprint density at radius 3 is 2.87 bits per heavy atom. The van der Waals surface area contributed by atoms with E-state index in [1.165, 1.54) is 6.07 Å². The SMILES string of the molecule is Cc1ccc(-c2cc(C(N)=O)nc3c2C[C@H]2CC[C@@H]3O2)c(F)c1. The van der Waals surface area contributed by atoms with Crippen molar-refractivity contribution in [2.45, 2.75) is 38.4 Å². The van der Waals surface area contributed by atoms with Gasteiger partial charge < -0.3 is 10.5 Å². The molecule has 2 atom stereocenters. The maximum atomic E-state index is 14.5. The summed E-state index contributed by atoms with van der Waals surface area (Å²) in [5, 5.41) is 0. The van der Waals surface area contributed by atoms with Gasteiger partial charge in [0.25, 0.3) is 5.91 Å². The zero-order valence-corrected chi connectivity index (χ0v) is 12.8. The van der Waals surface area contributed by atoms with Gasteiger partial charge in [0.1, 0.15) is 17.6 Å². The molecule has 1 aromatic carbocycles. The van der Waals surface area contributed by atoms with Crippen molar-refractivity contribution in [3.05, 3.63) is 52.6 Å². The first-order chi connectivity index (χ1) is 11.0. The van der Waals surface area contributed by atoms with E-state index in [1.54, 1.807) is 12.1 Å². The van der Waals surface area contributed by atoms with Gasteiger partial charge in [-0.1, -0.05) is 12.1 Å². The van der Waals surface area contributed by atoms with E-state index in [-0.39, 0.29) is 23.7 Å². The molecule has 0 saturated carbocycles. The lowest BCUT2D eigenvalue weighted by molar-refractivity contribution is 0.0295. The number of rotatable bonds is 2. The summed E-state index contributed by atoms with van der Waals surface area (Å²) in [4.78, 5) is 16.0. The van der Waals surface area contributed by atoms with Crippen LogP contribution in [0, 0.1) is 12.7 Å². The number of aromatic nitrogens is 1. The van der Waals surface area contributed by atoms with Gasteiger partial charge in [0.15, 0.2) is 0 Å². The molecule has 0 aliphatic carbocycles. The van der Waals surface area contributed by atoms with Gasteiger partial charge in [0.05, 0.1) is 11.8 Å².